The van der Waals surface area contributed by atoms with E-state index in [-0.39, 0.29) is 18.5 Å². The minimum absolute atomic E-state index is 0.0969. The van der Waals surface area contributed by atoms with E-state index in [0.717, 1.165) is 25.9 Å². The summed E-state index contributed by atoms with van der Waals surface area (Å²) in [6, 6.07) is 1.84. The van der Waals surface area contributed by atoms with Gasteiger partial charge in [-0.1, -0.05) is 13.3 Å². The number of unbranched alkanes of at least 4 members (excludes halogenated alkanes) is 1. The zero-order valence-electron chi connectivity index (χ0n) is 13.7. The van der Waals surface area contributed by atoms with Crippen molar-refractivity contribution in [1.82, 2.24) is 20.3 Å². The molecule has 5 N–H and O–H groups in total. The Morgan fingerprint density at radius 3 is 2.96 bits per heavy atom. The lowest BCUT2D eigenvalue weighted by Gasteiger charge is -2.21. The van der Waals surface area contributed by atoms with Crippen LogP contribution in [0, 0.1) is 5.92 Å². The first-order valence-electron chi connectivity index (χ1n) is 8.42. The Morgan fingerprint density at radius 2 is 2.33 bits per heavy atom. The van der Waals surface area contributed by atoms with Gasteiger partial charge in [-0.05, 0) is 12.5 Å². The summed E-state index contributed by atoms with van der Waals surface area (Å²) >= 11 is 0. The van der Waals surface area contributed by atoms with Crippen LogP contribution in [-0.4, -0.2) is 57.7 Å². The summed E-state index contributed by atoms with van der Waals surface area (Å²) in [6.07, 6.45) is 1.75. The molecule has 3 heterocycles. The van der Waals surface area contributed by atoms with E-state index < -0.39 is 24.1 Å². The van der Waals surface area contributed by atoms with Gasteiger partial charge in [0.25, 0.3) is 0 Å². The average molecular weight is 339 g/mol. The second-order valence-corrected chi connectivity index (χ2v) is 6.29. The first kappa shape index (κ1) is 17.3. The summed E-state index contributed by atoms with van der Waals surface area (Å²) in [5.41, 5.74) is 1.61. The van der Waals surface area contributed by atoms with Gasteiger partial charge in [0.05, 0.1) is 6.10 Å². The van der Waals surface area contributed by atoms with Crippen molar-refractivity contribution in [3.8, 4) is 0 Å². The number of hydrogen-bond acceptors (Lipinski definition) is 8. The van der Waals surface area contributed by atoms with Crippen molar-refractivity contribution in [1.29, 1.82) is 0 Å². The van der Waals surface area contributed by atoms with Crippen molar-refractivity contribution in [3.63, 3.8) is 0 Å². The van der Waals surface area contributed by atoms with E-state index in [1.807, 2.05) is 5.48 Å². The molecule has 2 aliphatic heterocycles. The van der Waals surface area contributed by atoms with Crippen molar-refractivity contribution < 1.29 is 15.1 Å². The Bertz CT molecular complexity index is 606. The van der Waals surface area contributed by atoms with Crippen LogP contribution >= 0.6 is 0 Å². The molecule has 0 bridgehead atoms. The zero-order valence-corrected chi connectivity index (χ0v) is 13.7. The Kier molecular flexibility index (Phi) is 5.47. The second-order valence-electron chi connectivity index (χ2n) is 6.29. The van der Waals surface area contributed by atoms with Crippen molar-refractivity contribution in [2.75, 3.05) is 25.0 Å². The normalized spacial score (nSPS) is 32.0. The number of aromatic nitrogens is 2. The van der Waals surface area contributed by atoms with E-state index in [9.17, 15) is 9.90 Å². The highest BCUT2D eigenvalue weighted by Crippen LogP contribution is 2.38. The van der Waals surface area contributed by atoms with Gasteiger partial charge < -0.3 is 25.7 Å². The molecule has 1 aromatic rings. The molecule has 0 radical (unpaired) electrons. The number of hydrogen-bond donors (Lipinski definition) is 5. The molecule has 9 heteroatoms. The number of nitrogens with zero attached hydrogens (tertiary/aromatic N) is 2. The topological polar surface area (TPSA) is 131 Å². The fourth-order valence-corrected chi connectivity index (χ4v) is 3.15. The number of ether oxygens (including phenoxy) is 1. The van der Waals surface area contributed by atoms with Crippen LogP contribution in [0.25, 0.3) is 0 Å². The lowest BCUT2D eigenvalue weighted by Crippen LogP contribution is -2.37. The van der Waals surface area contributed by atoms with Crippen LogP contribution in [0.2, 0.25) is 0 Å². The van der Waals surface area contributed by atoms with E-state index in [1.165, 1.54) is 4.57 Å². The largest absolute Gasteiger partial charge is 0.390 e. The highest BCUT2D eigenvalue weighted by atomic mass is 16.5. The minimum atomic E-state index is -0.774. The third kappa shape index (κ3) is 3.60. The van der Waals surface area contributed by atoms with Crippen LogP contribution in [0.4, 0.5) is 5.82 Å². The van der Waals surface area contributed by atoms with E-state index >= 15 is 0 Å². The maximum Gasteiger partial charge on any atom is 0.351 e. The van der Waals surface area contributed by atoms with Gasteiger partial charge in [0.2, 0.25) is 0 Å². The zero-order chi connectivity index (χ0) is 17.1. The molecule has 0 amide bonds. The second kappa shape index (κ2) is 7.58. The SMILES string of the molecule is CCCCNc1ccn(C2OC(CNO)C(O)C2C2CN2)c(=O)n1. The van der Waals surface area contributed by atoms with Crippen LogP contribution < -0.4 is 21.8 Å². The molecule has 1 aromatic heterocycles. The monoisotopic (exact) mass is 339 g/mol. The fraction of sp³-hybridized carbons (Fsp3) is 0.733. The molecule has 0 aromatic carbocycles. The first-order chi connectivity index (χ1) is 11.7. The minimum Gasteiger partial charge on any atom is -0.390 e. The highest BCUT2D eigenvalue weighted by molar-refractivity contribution is 5.31. The molecule has 2 aliphatic rings. The van der Waals surface area contributed by atoms with Gasteiger partial charge in [0.1, 0.15) is 18.1 Å². The molecular weight excluding hydrogens is 314 g/mol. The van der Waals surface area contributed by atoms with Gasteiger partial charge in [-0.3, -0.25) is 4.57 Å². The maximum absolute atomic E-state index is 12.4. The summed E-state index contributed by atoms with van der Waals surface area (Å²) in [4.78, 5) is 16.4. The third-order valence-corrected chi connectivity index (χ3v) is 4.56. The quantitative estimate of drug-likeness (QED) is 0.238. The van der Waals surface area contributed by atoms with E-state index in [1.54, 1.807) is 12.3 Å². The molecule has 134 valence electrons. The van der Waals surface area contributed by atoms with Crippen LogP contribution in [0.3, 0.4) is 0 Å². The number of anilines is 1. The summed E-state index contributed by atoms with van der Waals surface area (Å²) in [5.74, 6) is 0.277. The molecule has 9 nitrogen and oxygen atoms in total. The van der Waals surface area contributed by atoms with Gasteiger partial charge in [-0.25, -0.2) is 10.3 Å². The number of aliphatic hydroxyl groups is 1. The van der Waals surface area contributed by atoms with E-state index in [2.05, 4.69) is 22.5 Å². The number of nitrogens with one attached hydrogen (secondary N) is 3. The Morgan fingerprint density at radius 1 is 1.54 bits per heavy atom. The summed E-state index contributed by atoms with van der Waals surface area (Å²) in [7, 11) is 0. The van der Waals surface area contributed by atoms with Gasteiger partial charge >= 0.3 is 5.69 Å². The molecular formula is C15H25N5O4. The lowest BCUT2D eigenvalue weighted by atomic mass is 9.96. The Labute approximate surface area is 140 Å². The Balaban J connectivity index is 1.77. The molecule has 2 fully saturated rings. The number of rotatable bonds is 8. The van der Waals surface area contributed by atoms with Crippen molar-refractivity contribution >= 4 is 5.82 Å². The first-order valence-corrected chi connectivity index (χ1v) is 8.42. The molecule has 3 rings (SSSR count). The number of aliphatic hydroxyl groups excluding tert-OH is 1. The predicted octanol–water partition coefficient (Wildman–Crippen LogP) is -0.720. The molecule has 0 aliphatic carbocycles. The van der Waals surface area contributed by atoms with Gasteiger partial charge in [0.15, 0.2) is 0 Å². The third-order valence-electron chi connectivity index (χ3n) is 4.56. The molecule has 0 spiro atoms. The van der Waals surface area contributed by atoms with Crippen LogP contribution in [-0.2, 0) is 4.74 Å². The molecule has 2 saturated heterocycles. The predicted molar refractivity (Wildman–Crippen MR) is 86.9 cm³/mol. The molecule has 24 heavy (non-hydrogen) atoms. The average Bonchev–Trinajstić information content (AvgIpc) is 3.34. The van der Waals surface area contributed by atoms with E-state index in [4.69, 9.17) is 9.94 Å². The van der Waals surface area contributed by atoms with Gasteiger partial charge in [0, 0.05) is 37.8 Å². The van der Waals surface area contributed by atoms with Crippen molar-refractivity contribution in [2.45, 2.75) is 44.2 Å². The summed E-state index contributed by atoms with van der Waals surface area (Å²) in [5, 5.41) is 25.6. The summed E-state index contributed by atoms with van der Waals surface area (Å²) in [6.45, 7) is 3.74. The van der Waals surface area contributed by atoms with Gasteiger partial charge in [-0.2, -0.15) is 4.98 Å². The lowest BCUT2D eigenvalue weighted by molar-refractivity contribution is -0.0375. The smallest absolute Gasteiger partial charge is 0.351 e. The number of hydroxylamine groups is 1. The summed E-state index contributed by atoms with van der Waals surface area (Å²) < 4.78 is 7.24. The molecule has 0 saturated carbocycles. The van der Waals surface area contributed by atoms with Crippen LogP contribution in [0.5, 0.6) is 0 Å². The van der Waals surface area contributed by atoms with Crippen LogP contribution in [0.1, 0.15) is 26.0 Å². The highest BCUT2D eigenvalue weighted by Gasteiger charge is 2.51. The van der Waals surface area contributed by atoms with Crippen LogP contribution in [0.15, 0.2) is 17.1 Å². The van der Waals surface area contributed by atoms with E-state index in [0.29, 0.717) is 5.82 Å². The van der Waals surface area contributed by atoms with Crippen molar-refractivity contribution in [3.05, 3.63) is 22.7 Å². The van der Waals surface area contributed by atoms with Gasteiger partial charge in [-0.15, -0.1) is 0 Å². The standard InChI is InChI=1S/C15H25N5O4/c1-2-3-5-16-11-4-6-20(15(22)19-11)14-12(9-7-17-9)13(21)10(24-14)8-18-23/h4,6,9-10,12-14,17-18,21,23H,2-3,5,7-8H2,1H3,(H,16,19,22). The molecule has 5 atom stereocenters. The molecule has 5 unspecified atom stereocenters. The fourth-order valence-electron chi connectivity index (χ4n) is 3.15. The maximum atomic E-state index is 12.4. The Hall–Kier alpha value is -1.52. The van der Waals surface area contributed by atoms with Crippen molar-refractivity contribution in [2.24, 2.45) is 5.92 Å².